The molecule has 4 amide bonds. The first kappa shape index (κ1) is 45.5. The minimum atomic E-state index is -1.88. The zero-order valence-corrected chi connectivity index (χ0v) is 36.3. The van der Waals surface area contributed by atoms with Crippen LogP contribution in [0, 0.1) is 13.8 Å². The molecule has 5 heterocycles. The number of nitrogen functional groups attached to an aromatic ring is 1. The van der Waals surface area contributed by atoms with Crippen LogP contribution in [0.15, 0.2) is 51.2 Å². The van der Waals surface area contributed by atoms with Crippen molar-refractivity contribution in [1.82, 2.24) is 40.7 Å². The summed E-state index contributed by atoms with van der Waals surface area (Å²) in [6, 6.07) is 2.34. The first-order valence-corrected chi connectivity index (χ1v) is 21.1. The number of nitrogens with one attached hydrogen (secondary N) is 3. The van der Waals surface area contributed by atoms with E-state index >= 15 is 0 Å². The zero-order chi connectivity index (χ0) is 46.1. The maximum absolute atomic E-state index is 13.8. The van der Waals surface area contributed by atoms with Crippen LogP contribution in [-0.2, 0) is 33.6 Å². The smallest absolute Gasteiger partial charge is 0.352 e. The van der Waals surface area contributed by atoms with Gasteiger partial charge in [-0.3, -0.25) is 44.5 Å². The lowest BCUT2D eigenvalue weighted by Crippen LogP contribution is -2.71. The molecule has 0 bridgehead atoms. The van der Waals surface area contributed by atoms with Crippen molar-refractivity contribution >= 4 is 98.9 Å². The molecule has 6 rings (SSSR count). The fraction of sp³-hybridized carbons (Fsp3) is 0.297. The Morgan fingerprint density at radius 2 is 1.71 bits per heavy atom. The number of carbonyl (C=O) groups is 8. The number of aromatic nitrogens is 4. The second-order valence-electron chi connectivity index (χ2n) is 14.0. The Hall–Kier alpha value is -7.06. The quantitative estimate of drug-likeness (QED) is 0.0198. The van der Waals surface area contributed by atoms with E-state index in [2.05, 4.69) is 36.4 Å². The number of thiazole rings is 1. The molecule has 0 spiro atoms. The fourth-order valence-electron chi connectivity index (χ4n) is 5.90. The molecule has 26 heteroatoms. The second-order valence-corrected chi connectivity index (χ2v) is 17.0. The molecular formula is C37H36N10O13S3. The predicted molar refractivity (Wildman–Crippen MR) is 223 cm³/mol. The Balaban J connectivity index is 1.14. The Bertz CT molecular complexity index is 2690. The number of oxime groups is 1. The highest BCUT2D eigenvalue weighted by Crippen LogP contribution is 2.42. The topological polar surface area (TPSA) is 326 Å². The number of rotatable bonds is 14. The average Bonchev–Trinajstić information content (AvgIpc) is 3.84. The van der Waals surface area contributed by atoms with E-state index in [0.717, 1.165) is 36.2 Å². The van der Waals surface area contributed by atoms with Crippen molar-refractivity contribution in [3.63, 3.8) is 0 Å². The molecular weight excluding hydrogens is 889 g/mol. The van der Waals surface area contributed by atoms with E-state index < -0.39 is 70.2 Å². The first-order chi connectivity index (χ1) is 29.7. The molecule has 4 aromatic rings. The van der Waals surface area contributed by atoms with Gasteiger partial charge in [0.2, 0.25) is 5.60 Å². The van der Waals surface area contributed by atoms with Crippen molar-refractivity contribution in [2.75, 3.05) is 17.2 Å². The Morgan fingerprint density at radius 1 is 1.02 bits per heavy atom. The number of hydrazine groups is 1. The van der Waals surface area contributed by atoms with Crippen LogP contribution in [0.1, 0.15) is 65.4 Å². The number of carboxylic acids is 2. The molecule has 7 N–H and O–H groups in total. The minimum absolute atomic E-state index is 0.0473. The lowest BCUT2D eigenvalue weighted by atomic mass is 10.0. The number of aryl methyl sites for hydroxylation is 1. The van der Waals surface area contributed by atoms with Crippen LogP contribution in [0.3, 0.4) is 0 Å². The summed E-state index contributed by atoms with van der Waals surface area (Å²) in [6.07, 6.45) is 1.18. The molecule has 2 atom stereocenters. The number of benzene rings is 1. The lowest BCUT2D eigenvalue weighted by Gasteiger charge is -2.49. The number of amides is 4. The van der Waals surface area contributed by atoms with Crippen molar-refractivity contribution in [2.24, 2.45) is 5.16 Å². The molecule has 3 aromatic heterocycles. The van der Waals surface area contributed by atoms with Crippen LogP contribution in [0.4, 0.5) is 5.13 Å². The SMILES string of the molecule is CC(=O)Oc1ccc(C(=O)NNC(=O)C(C)(C)ON=C(C(=O)NC2C(=O)N3C(C(=O)O)=C(CSc4c(C)c(C)nc5c(C(=O)O)cnn45)CS[C@@H]23)c2csc(N)n2)cc1OC(C)=O. The highest BCUT2D eigenvalue weighted by Gasteiger charge is 2.54. The van der Waals surface area contributed by atoms with Gasteiger partial charge in [-0.25, -0.2) is 24.1 Å². The predicted octanol–water partition coefficient (Wildman–Crippen LogP) is 1.43. The number of fused-ring (bicyclic) bond motifs is 2. The maximum atomic E-state index is 13.8. The van der Waals surface area contributed by atoms with Gasteiger partial charge in [0.25, 0.3) is 23.6 Å². The van der Waals surface area contributed by atoms with Crippen molar-refractivity contribution in [1.29, 1.82) is 0 Å². The largest absolute Gasteiger partial charge is 0.477 e. The van der Waals surface area contributed by atoms with Crippen LogP contribution in [0.25, 0.3) is 5.65 Å². The summed E-state index contributed by atoms with van der Waals surface area (Å²) in [5, 5.41) is 31.7. The van der Waals surface area contributed by atoms with Crippen LogP contribution >= 0.6 is 34.9 Å². The van der Waals surface area contributed by atoms with E-state index in [1.807, 2.05) is 0 Å². The second kappa shape index (κ2) is 18.1. The van der Waals surface area contributed by atoms with Crippen molar-refractivity contribution in [3.8, 4) is 11.5 Å². The third-order valence-corrected chi connectivity index (χ3v) is 12.4. The van der Waals surface area contributed by atoms with Gasteiger partial charge in [0.05, 0.1) is 6.20 Å². The molecule has 1 saturated heterocycles. The van der Waals surface area contributed by atoms with Gasteiger partial charge >= 0.3 is 23.9 Å². The van der Waals surface area contributed by atoms with Gasteiger partial charge in [-0.15, -0.1) is 34.9 Å². The highest BCUT2D eigenvalue weighted by atomic mass is 32.2. The summed E-state index contributed by atoms with van der Waals surface area (Å²) in [4.78, 5) is 116. The summed E-state index contributed by atoms with van der Waals surface area (Å²) in [5.41, 5.74) is 9.02. The van der Waals surface area contributed by atoms with E-state index in [1.165, 1.54) is 65.6 Å². The summed E-state index contributed by atoms with van der Waals surface area (Å²) in [7, 11) is 0. The van der Waals surface area contributed by atoms with Crippen LogP contribution < -0.4 is 31.4 Å². The number of aliphatic carboxylic acids is 1. The molecule has 2 aliphatic heterocycles. The molecule has 330 valence electrons. The monoisotopic (exact) mass is 924 g/mol. The third kappa shape index (κ3) is 9.56. The molecule has 0 radical (unpaired) electrons. The zero-order valence-electron chi connectivity index (χ0n) is 33.8. The summed E-state index contributed by atoms with van der Waals surface area (Å²) in [6.45, 7) is 8.24. The molecule has 23 nitrogen and oxygen atoms in total. The molecule has 1 fully saturated rings. The number of hydrogen-bond acceptors (Lipinski definition) is 19. The molecule has 1 aromatic carbocycles. The Labute approximate surface area is 367 Å². The first-order valence-electron chi connectivity index (χ1n) is 18.2. The number of ether oxygens (including phenoxy) is 2. The normalized spacial score (nSPS) is 16.1. The number of thioether (sulfide) groups is 2. The molecule has 63 heavy (non-hydrogen) atoms. The van der Waals surface area contributed by atoms with Gasteiger partial charge in [-0.05, 0) is 51.5 Å². The number of hydrogen-bond donors (Lipinski definition) is 6. The van der Waals surface area contributed by atoms with E-state index in [1.54, 1.807) is 13.8 Å². The number of aromatic carboxylic acids is 1. The number of carbonyl (C=O) groups excluding carboxylic acids is 6. The number of nitrogens with zero attached hydrogens (tertiary/aromatic N) is 6. The Kier molecular flexibility index (Phi) is 13.1. The number of β-lactam (4-membered cyclic amide) rings is 1. The number of anilines is 1. The highest BCUT2D eigenvalue weighted by molar-refractivity contribution is 8.01. The van der Waals surface area contributed by atoms with Gasteiger partial charge in [0, 0.05) is 47.6 Å². The minimum Gasteiger partial charge on any atom is -0.477 e. The van der Waals surface area contributed by atoms with Gasteiger partial charge in [0.15, 0.2) is 28.0 Å². The van der Waals surface area contributed by atoms with Crippen molar-refractivity contribution < 1.29 is 62.9 Å². The molecule has 1 unspecified atom stereocenters. The van der Waals surface area contributed by atoms with Gasteiger partial charge in [0.1, 0.15) is 33.4 Å². The lowest BCUT2D eigenvalue weighted by molar-refractivity contribution is -0.150. The van der Waals surface area contributed by atoms with E-state index in [0.29, 0.717) is 21.9 Å². The van der Waals surface area contributed by atoms with Gasteiger partial charge in [-0.2, -0.15) is 5.10 Å². The summed E-state index contributed by atoms with van der Waals surface area (Å²) >= 11 is 3.37. The number of nitrogens with two attached hydrogens (primary N) is 1. The summed E-state index contributed by atoms with van der Waals surface area (Å²) in [5.74, 6) is -7.69. The average molecular weight is 925 g/mol. The molecule has 0 saturated carbocycles. The van der Waals surface area contributed by atoms with Crippen LogP contribution in [0.5, 0.6) is 11.5 Å². The van der Waals surface area contributed by atoms with Gasteiger partial charge in [-0.1, -0.05) is 5.16 Å². The maximum Gasteiger partial charge on any atom is 0.352 e. The van der Waals surface area contributed by atoms with E-state index in [-0.39, 0.29) is 56.3 Å². The number of esters is 2. The van der Waals surface area contributed by atoms with Crippen molar-refractivity contribution in [2.45, 2.75) is 63.6 Å². The molecule has 2 aliphatic rings. The molecule has 0 aliphatic carbocycles. The van der Waals surface area contributed by atoms with E-state index in [4.69, 9.17) is 20.0 Å². The van der Waals surface area contributed by atoms with Crippen LogP contribution in [-0.4, -0.2) is 116 Å². The van der Waals surface area contributed by atoms with Crippen molar-refractivity contribution in [3.05, 3.63) is 69.1 Å². The van der Waals surface area contributed by atoms with Gasteiger partial charge < -0.3 is 35.6 Å². The third-order valence-electron chi connectivity index (χ3n) is 9.12. The standard InChI is InChI=1S/C37H36N10O13S3/c1-14-15(2)40-27-20(33(53)54)10-39-47(27)31(14)61-11-19-12-62-32-25(30(52)46(32)26(19)34(55)56)42-29(51)24(21-13-63-36(38)41-21)45-60-37(5,6)35(57)44-43-28(50)18-7-8-22(58-16(3)48)23(9-18)59-17(4)49/h7-10,13,25,32H,11-12H2,1-6H3,(H2,38,41)(H,42,51)(H,43,50)(H,44,57)(H,53,54)(H,55,56)/t25?,32-/m0/s1. The number of carboxylic acid groups (broad SMARTS) is 2. The van der Waals surface area contributed by atoms with Crippen LogP contribution in [0.2, 0.25) is 0 Å². The van der Waals surface area contributed by atoms with E-state index in [9.17, 15) is 48.6 Å². The summed E-state index contributed by atoms with van der Waals surface area (Å²) < 4.78 is 11.4. The Morgan fingerprint density at radius 3 is 2.35 bits per heavy atom. The fourth-order valence-corrected chi connectivity index (χ4v) is 9.09.